The van der Waals surface area contributed by atoms with Crippen molar-refractivity contribution in [1.82, 2.24) is 29.5 Å². The fraction of sp³-hybridized carbons (Fsp3) is 0.429. The number of nitrogens with one attached hydrogen (secondary N) is 1. The minimum Gasteiger partial charge on any atom is -0.361 e. The van der Waals surface area contributed by atoms with Gasteiger partial charge in [-0.1, -0.05) is 56.7 Å². The van der Waals surface area contributed by atoms with Gasteiger partial charge < -0.3 is 14.6 Å². The number of carbonyl (C=O) groups excluding carboxylic acids is 1. The molecule has 198 valence electrons. The Labute approximate surface area is 223 Å². The number of benzene rings is 1. The van der Waals surface area contributed by atoms with Gasteiger partial charge in [0.2, 0.25) is 0 Å². The van der Waals surface area contributed by atoms with E-state index in [1.165, 1.54) is 0 Å². The predicted molar refractivity (Wildman–Crippen MR) is 151 cm³/mol. The van der Waals surface area contributed by atoms with Crippen LogP contribution < -0.4 is 10.2 Å². The second-order valence-corrected chi connectivity index (χ2v) is 17.2. The molecule has 2 aliphatic rings. The van der Waals surface area contributed by atoms with Crippen molar-refractivity contribution >= 4 is 25.6 Å². The summed E-state index contributed by atoms with van der Waals surface area (Å²) in [4.78, 5) is 24.1. The normalized spacial score (nSPS) is 19.7. The van der Waals surface area contributed by atoms with Gasteiger partial charge in [-0.25, -0.2) is 19.3 Å². The number of ether oxygens (including phenoxy) is 1. The summed E-state index contributed by atoms with van der Waals surface area (Å²) < 4.78 is 9.76. The summed E-state index contributed by atoms with van der Waals surface area (Å²) in [6.45, 7) is 8.34. The number of anilines is 1. The third-order valence-electron chi connectivity index (χ3n) is 7.59. The summed E-state index contributed by atoms with van der Waals surface area (Å²) in [7, 11) is -1.12. The minimum atomic E-state index is -1.12. The molecule has 9 nitrogen and oxygen atoms in total. The number of hydrogen-bond acceptors (Lipinski definition) is 5. The SMILES string of the molecule is C[Si](C)(C)CCOCn1ccnc1-c1ccc(-c2cnn3ccc(N4C(=O)N[C@H]5CCCC[C@@H]54)nc23)cc1. The van der Waals surface area contributed by atoms with Gasteiger partial charge in [-0.2, -0.15) is 5.10 Å². The molecule has 4 heterocycles. The van der Waals surface area contributed by atoms with Crippen LogP contribution in [0.15, 0.2) is 55.1 Å². The van der Waals surface area contributed by atoms with Gasteiger partial charge in [0.05, 0.1) is 18.3 Å². The topological polar surface area (TPSA) is 89.6 Å². The van der Waals surface area contributed by atoms with E-state index < -0.39 is 8.07 Å². The lowest BCUT2D eigenvalue weighted by atomic mass is 9.91. The number of imidazole rings is 1. The first-order valence-electron chi connectivity index (χ1n) is 13.5. The highest BCUT2D eigenvalue weighted by molar-refractivity contribution is 6.76. The molecule has 2 fully saturated rings. The molecule has 4 aromatic rings. The Balaban J connectivity index is 1.22. The van der Waals surface area contributed by atoms with Crippen LogP contribution in [-0.2, 0) is 11.5 Å². The average Bonchev–Trinajstić information content (AvgIpc) is 3.62. The molecule has 1 N–H and O–H groups in total. The number of nitrogens with zero attached hydrogens (tertiary/aromatic N) is 6. The molecule has 0 spiro atoms. The van der Waals surface area contributed by atoms with Gasteiger partial charge >= 0.3 is 6.03 Å². The summed E-state index contributed by atoms with van der Waals surface area (Å²) in [5, 5.41) is 7.66. The maximum Gasteiger partial charge on any atom is 0.323 e. The molecule has 0 bridgehead atoms. The molecule has 1 saturated heterocycles. The smallest absolute Gasteiger partial charge is 0.323 e. The van der Waals surface area contributed by atoms with E-state index in [-0.39, 0.29) is 18.1 Å². The maximum atomic E-state index is 12.8. The molecular weight excluding hydrogens is 494 g/mol. The number of amides is 2. The van der Waals surface area contributed by atoms with E-state index in [9.17, 15) is 4.79 Å². The highest BCUT2D eigenvalue weighted by Crippen LogP contribution is 2.33. The van der Waals surface area contributed by atoms with Crippen molar-refractivity contribution in [3.63, 3.8) is 0 Å². The summed E-state index contributed by atoms with van der Waals surface area (Å²) >= 11 is 0. The number of hydrogen-bond donors (Lipinski definition) is 1. The van der Waals surface area contributed by atoms with Crippen molar-refractivity contribution in [3.05, 3.63) is 55.1 Å². The zero-order chi connectivity index (χ0) is 26.3. The fourth-order valence-corrected chi connectivity index (χ4v) is 6.21. The predicted octanol–water partition coefficient (Wildman–Crippen LogP) is 5.41. The van der Waals surface area contributed by atoms with Crippen LogP contribution in [-0.4, -0.2) is 56.9 Å². The van der Waals surface area contributed by atoms with Crippen molar-refractivity contribution in [2.45, 2.75) is 70.2 Å². The van der Waals surface area contributed by atoms with Crippen LogP contribution in [0.4, 0.5) is 10.6 Å². The maximum absolute atomic E-state index is 12.8. The lowest BCUT2D eigenvalue weighted by molar-refractivity contribution is 0.0883. The largest absolute Gasteiger partial charge is 0.361 e. The molecule has 1 aliphatic heterocycles. The van der Waals surface area contributed by atoms with Crippen LogP contribution in [0.25, 0.3) is 28.2 Å². The van der Waals surface area contributed by atoms with Gasteiger partial charge in [-0.15, -0.1) is 0 Å². The Kier molecular flexibility index (Phi) is 6.52. The quantitative estimate of drug-likeness (QED) is 0.243. The van der Waals surface area contributed by atoms with Crippen molar-refractivity contribution in [2.75, 3.05) is 11.5 Å². The average molecular weight is 530 g/mol. The Morgan fingerprint density at radius 1 is 1.05 bits per heavy atom. The second kappa shape index (κ2) is 9.99. The Bertz CT molecular complexity index is 1440. The van der Waals surface area contributed by atoms with E-state index in [1.807, 2.05) is 40.3 Å². The fourth-order valence-electron chi connectivity index (χ4n) is 5.45. The van der Waals surface area contributed by atoms with Crippen LogP contribution in [0.2, 0.25) is 25.7 Å². The highest BCUT2D eigenvalue weighted by atomic mass is 28.3. The number of aromatic nitrogens is 5. The van der Waals surface area contributed by atoms with Gasteiger partial charge in [-0.3, -0.25) is 4.90 Å². The van der Waals surface area contributed by atoms with Gasteiger partial charge in [0.15, 0.2) is 5.65 Å². The molecule has 0 unspecified atom stereocenters. The van der Waals surface area contributed by atoms with E-state index in [2.05, 4.69) is 59.3 Å². The van der Waals surface area contributed by atoms with Crippen molar-refractivity contribution in [1.29, 1.82) is 0 Å². The molecule has 6 rings (SSSR count). The number of rotatable bonds is 8. The first kappa shape index (κ1) is 24.8. The molecule has 2 atom stereocenters. The highest BCUT2D eigenvalue weighted by Gasteiger charge is 2.42. The summed E-state index contributed by atoms with van der Waals surface area (Å²) in [5.74, 6) is 1.56. The lowest BCUT2D eigenvalue weighted by Gasteiger charge is -2.29. The van der Waals surface area contributed by atoms with Gasteiger partial charge in [0, 0.05) is 44.4 Å². The molecule has 10 heteroatoms. The van der Waals surface area contributed by atoms with E-state index >= 15 is 0 Å². The molecule has 0 radical (unpaired) electrons. The van der Waals surface area contributed by atoms with Gasteiger partial charge in [-0.05, 0) is 30.5 Å². The van der Waals surface area contributed by atoms with Crippen LogP contribution in [0.3, 0.4) is 0 Å². The number of fused-ring (bicyclic) bond motifs is 2. The second-order valence-electron chi connectivity index (χ2n) is 11.5. The minimum absolute atomic E-state index is 0.0517. The van der Waals surface area contributed by atoms with Gasteiger partial charge in [0.1, 0.15) is 18.4 Å². The van der Waals surface area contributed by atoms with E-state index in [4.69, 9.17) is 9.72 Å². The van der Waals surface area contributed by atoms with Crippen molar-refractivity contribution in [2.24, 2.45) is 0 Å². The molecule has 1 saturated carbocycles. The van der Waals surface area contributed by atoms with Crippen LogP contribution in [0, 0.1) is 0 Å². The Morgan fingerprint density at radius 3 is 2.66 bits per heavy atom. The molecule has 2 amide bonds. The monoisotopic (exact) mass is 529 g/mol. The van der Waals surface area contributed by atoms with Crippen LogP contribution >= 0.6 is 0 Å². The molecule has 1 aromatic carbocycles. The van der Waals surface area contributed by atoms with E-state index in [1.54, 1.807) is 4.52 Å². The zero-order valence-electron chi connectivity index (χ0n) is 22.3. The lowest BCUT2D eigenvalue weighted by Crippen LogP contribution is -2.39. The van der Waals surface area contributed by atoms with E-state index in [0.29, 0.717) is 12.5 Å². The Hall–Kier alpha value is -3.50. The standard InChI is InChI=1S/C28H35N7O2Si/c1-38(2,3)17-16-37-19-33-15-13-29-26(33)21-10-8-20(9-11-21)22-18-30-34-14-12-25(32-27(22)34)35-24-7-5-4-6-23(24)31-28(35)36/h8-15,18,23-24H,4-7,16-17,19H2,1-3H3,(H,31,36)/t23-,24-/m0/s1. The van der Waals surface area contributed by atoms with Crippen molar-refractivity contribution < 1.29 is 9.53 Å². The molecular formula is C28H35N7O2Si. The molecule has 3 aromatic heterocycles. The number of urea groups is 1. The van der Waals surface area contributed by atoms with Gasteiger partial charge in [0.25, 0.3) is 0 Å². The number of carbonyl (C=O) groups is 1. The third kappa shape index (κ3) is 4.85. The first-order valence-corrected chi connectivity index (χ1v) is 17.2. The molecule has 38 heavy (non-hydrogen) atoms. The zero-order valence-corrected chi connectivity index (χ0v) is 23.3. The third-order valence-corrected chi connectivity index (χ3v) is 9.29. The first-order chi connectivity index (χ1) is 18.4. The van der Waals surface area contributed by atoms with Crippen LogP contribution in [0.5, 0.6) is 0 Å². The van der Waals surface area contributed by atoms with E-state index in [0.717, 1.165) is 66.5 Å². The summed E-state index contributed by atoms with van der Waals surface area (Å²) in [5.41, 5.74) is 3.70. The van der Waals surface area contributed by atoms with Crippen molar-refractivity contribution in [3.8, 4) is 22.5 Å². The molecule has 1 aliphatic carbocycles. The summed E-state index contributed by atoms with van der Waals surface area (Å²) in [6, 6.07) is 11.7. The Morgan fingerprint density at radius 2 is 1.84 bits per heavy atom. The van der Waals surface area contributed by atoms with Crippen LogP contribution in [0.1, 0.15) is 25.7 Å². The summed E-state index contributed by atoms with van der Waals surface area (Å²) in [6.07, 6.45) is 11.8.